The molecule has 1 fully saturated rings. The van der Waals surface area contributed by atoms with Crippen LogP contribution in [-0.2, 0) is 4.79 Å². The Bertz CT molecular complexity index is 892. The summed E-state index contributed by atoms with van der Waals surface area (Å²) in [4.78, 5) is 24.8. The minimum atomic E-state index is -0.151. The molecule has 1 saturated carbocycles. The van der Waals surface area contributed by atoms with E-state index in [1.165, 1.54) is 44.9 Å². The summed E-state index contributed by atoms with van der Waals surface area (Å²) in [6, 6.07) is 15.0. The van der Waals surface area contributed by atoms with E-state index in [0.717, 1.165) is 30.7 Å². The smallest absolute Gasteiger partial charge is 0.251 e. The van der Waals surface area contributed by atoms with Gasteiger partial charge >= 0.3 is 0 Å². The maximum absolute atomic E-state index is 12.4. The van der Waals surface area contributed by atoms with E-state index in [-0.39, 0.29) is 24.4 Å². The Kier molecular flexibility index (Phi) is 10.8. The second-order valence-electron chi connectivity index (χ2n) is 9.08. The van der Waals surface area contributed by atoms with Gasteiger partial charge in [0.1, 0.15) is 5.75 Å². The number of carbonyl (C=O) groups excluding carboxylic acids is 2. The van der Waals surface area contributed by atoms with Crippen LogP contribution >= 0.6 is 0 Å². The summed E-state index contributed by atoms with van der Waals surface area (Å²) in [7, 11) is 0. The maximum Gasteiger partial charge on any atom is 0.251 e. The number of nitrogens with one attached hydrogen (secondary N) is 3. The van der Waals surface area contributed by atoms with Gasteiger partial charge in [-0.05, 0) is 55.7 Å². The van der Waals surface area contributed by atoms with Gasteiger partial charge < -0.3 is 20.7 Å². The third-order valence-electron chi connectivity index (χ3n) is 6.17. The molecule has 2 amide bonds. The van der Waals surface area contributed by atoms with Crippen LogP contribution in [0, 0.1) is 0 Å². The van der Waals surface area contributed by atoms with Crippen LogP contribution in [0.2, 0.25) is 0 Å². The normalized spacial score (nSPS) is 13.8. The number of unbranched alkanes of at least 4 members (excludes halogenated alkanes) is 4. The van der Waals surface area contributed by atoms with Crippen molar-refractivity contribution in [1.82, 2.24) is 5.32 Å². The molecule has 6 heteroatoms. The number of carbonyl (C=O) groups is 2. The van der Waals surface area contributed by atoms with Gasteiger partial charge in [0.2, 0.25) is 5.91 Å². The van der Waals surface area contributed by atoms with Gasteiger partial charge in [-0.25, -0.2) is 0 Å². The quantitative estimate of drug-likeness (QED) is 0.310. The standard InChI is InChI=1S/C28H39N3O3/c1-2-3-4-5-9-19-34-26-14-10-13-25(20-26)29-21-27(32)30-24-17-15-22(16-18-24)28(33)31-23-11-7-6-8-12-23/h10,13-18,20,23,29H,2-9,11-12,19,21H2,1H3,(H,30,32)(H,31,33). The van der Waals surface area contributed by atoms with Crippen molar-refractivity contribution >= 4 is 23.2 Å². The van der Waals surface area contributed by atoms with Crippen LogP contribution < -0.4 is 20.7 Å². The zero-order chi connectivity index (χ0) is 24.0. The molecule has 6 nitrogen and oxygen atoms in total. The summed E-state index contributed by atoms with van der Waals surface area (Å²) in [6.45, 7) is 3.07. The van der Waals surface area contributed by atoms with Crippen molar-refractivity contribution in [2.75, 3.05) is 23.8 Å². The molecule has 3 N–H and O–H groups in total. The van der Waals surface area contributed by atoms with Crippen LogP contribution in [0.5, 0.6) is 5.75 Å². The summed E-state index contributed by atoms with van der Waals surface area (Å²) in [5.74, 6) is 0.610. The molecule has 0 heterocycles. The van der Waals surface area contributed by atoms with E-state index in [9.17, 15) is 9.59 Å². The molecule has 184 valence electrons. The molecule has 0 bridgehead atoms. The third kappa shape index (κ3) is 9.08. The monoisotopic (exact) mass is 465 g/mol. The van der Waals surface area contributed by atoms with Crippen LogP contribution in [0.3, 0.4) is 0 Å². The molecule has 1 aliphatic carbocycles. The van der Waals surface area contributed by atoms with E-state index in [4.69, 9.17) is 4.74 Å². The van der Waals surface area contributed by atoms with Crippen molar-refractivity contribution in [3.63, 3.8) is 0 Å². The minimum absolute atomic E-state index is 0.0468. The van der Waals surface area contributed by atoms with Crippen LogP contribution in [-0.4, -0.2) is 31.0 Å². The number of anilines is 2. The van der Waals surface area contributed by atoms with E-state index >= 15 is 0 Å². The van der Waals surface area contributed by atoms with Gasteiger partial charge in [0.05, 0.1) is 13.2 Å². The van der Waals surface area contributed by atoms with Crippen molar-refractivity contribution in [2.45, 2.75) is 77.2 Å². The van der Waals surface area contributed by atoms with E-state index < -0.39 is 0 Å². The van der Waals surface area contributed by atoms with Gasteiger partial charge in [0.15, 0.2) is 0 Å². The Hall–Kier alpha value is -3.02. The number of benzene rings is 2. The van der Waals surface area contributed by atoms with Crippen molar-refractivity contribution in [2.24, 2.45) is 0 Å². The van der Waals surface area contributed by atoms with Crippen molar-refractivity contribution in [3.05, 3.63) is 54.1 Å². The fourth-order valence-electron chi connectivity index (χ4n) is 4.20. The third-order valence-corrected chi connectivity index (χ3v) is 6.17. The Balaban J connectivity index is 1.38. The average molecular weight is 466 g/mol. The first-order valence-electron chi connectivity index (χ1n) is 12.8. The minimum Gasteiger partial charge on any atom is -0.494 e. The van der Waals surface area contributed by atoms with E-state index in [2.05, 4.69) is 22.9 Å². The Morgan fingerprint density at radius 3 is 2.44 bits per heavy atom. The van der Waals surface area contributed by atoms with Gasteiger partial charge in [0.25, 0.3) is 5.91 Å². The zero-order valence-corrected chi connectivity index (χ0v) is 20.4. The van der Waals surface area contributed by atoms with Crippen molar-refractivity contribution in [3.8, 4) is 5.75 Å². The van der Waals surface area contributed by atoms with Gasteiger partial charge in [0, 0.05) is 29.0 Å². The van der Waals surface area contributed by atoms with Crippen molar-refractivity contribution in [1.29, 1.82) is 0 Å². The van der Waals surface area contributed by atoms with Crippen LogP contribution in [0.1, 0.15) is 81.5 Å². The first kappa shape index (κ1) is 25.6. The molecular weight excluding hydrogens is 426 g/mol. The summed E-state index contributed by atoms with van der Waals surface area (Å²) in [5.41, 5.74) is 2.12. The summed E-state index contributed by atoms with van der Waals surface area (Å²) in [5, 5.41) is 9.13. The lowest BCUT2D eigenvalue weighted by atomic mass is 9.95. The highest BCUT2D eigenvalue weighted by molar-refractivity contribution is 5.96. The molecule has 34 heavy (non-hydrogen) atoms. The SMILES string of the molecule is CCCCCCCOc1cccc(NCC(=O)Nc2ccc(C(=O)NC3CCCCC3)cc2)c1. The Morgan fingerprint density at radius 2 is 1.68 bits per heavy atom. The molecule has 2 aromatic carbocycles. The van der Waals surface area contributed by atoms with Gasteiger partial charge in [-0.2, -0.15) is 0 Å². The molecule has 0 unspecified atom stereocenters. The Morgan fingerprint density at radius 1 is 0.912 bits per heavy atom. The summed E-state index contributed by atoms with van der Waals surface area (Å²) >= 11 is 0. The molecule has 0 spiro atoms. The lowest BCUT2D eigenvalue weighted by Gasteiger charge is -2.22. The number of rotatable bonds is 13. The van der Waals surface area contributed by atoms with E-state index in [1.54, 1.807) is 24.3 Å². The highest BCUT2D eigenvalue weighted by atomic mass is 16.5. The average Bonchev–Trinajstić information content (AvgIpc) is 2.86. The van der Waals surface area contributed by atoms with E-state index in [0.29, 0.717) is 17.9 Å². The maximum atomic E-state index is 12.4. The molecule has 3 rings (SSSR count). The lowest BCUT2D eigenvalue weighted by Crippen LogP contribution is -2.36. The molecule has 1 aliphatic rings. The van der Waals surface area contributed by atoms with Crippen LogP contribution in [0.25, 0.3) is 0 Å². The predicted molar refractivity (Wildman–Crippen MR) is 139 cm³/mol. The fourth-order valence-corrected chi connectivity index (χ4v) is 4.20. The van der Waals surface area contributed by atoms with Gasteiger partial charge in [-0.3, -0.25) is 9.59 Å². The summed E-state index contributed by atoms with van der Waals surface area (Å²) in [6.07, 6.45) is 11.8. The molecular formula is C28H39N3O3. The molecule has 2 aromatic rings. The highest BCUT2D eigenvalue weighted by Gasteiger charge is 2.16. The molecule has 0 radical (unpaired) electrons. The zero-order valence-electron chi connectivity index (χ0n) is 20.4. The lowest BCUT2D eigenvalue weighted by molar-refractivity contribution is -0.114. The summed E-state index contributed by atoms with van der Waals surface area (Å²) < 4.78 is 5.83. The predicted octanol–water partition coefficient (Wildman–Crippen LogP) is 6.15. The molecule has 0 atom stereocenters. The Labute approximate surface area is 203 Å². The second kappa shape index (κ2) is 14.3. The van der Waals surface area contributed by atoms with Crippen LogP contribution in [0.4, 0.5) is 11.4 Å². The first-order valence-corrected chi connectivity index (χ1v) is 12.8. The van der Waals surface area contributed by atoms with Gasteiger partial charge in [-0.1, -0.05) is 57.9 Å². The highest BCUT2D eigenvalue weighted by Crippen LogP contribution is 2.19. The van der Waals surface area contributed by atoms with Gasteiger partial charge in [-0.15, -0.1) is 0 Å². The topological polar surface area (TPSA) is 79.5 Å². The first-order chi connectivity index (χ1) is 16.6. The largest absolute Gasteiger partial charge is 0.494 e. The number of hydrogen-bond acceptors (Lipinski definition) is 4. The van der Waals surface area contributed by atoms with E-state index in [1.807, 2.05) is 24.3 Å². The van der Waals surface area contributed by atoms with Crippen molar-refractivity contribution < 1.29 is 14.3 Å². The van der Waals surface area contributed by atoms with Crippen LogP contribution in [0.15, 0.2) is 48.5 Å². The molecule has 0 aliphatic heterocycles. The number of hydrogen-bond donors (Lipinski definition) is 3. The second-order valence-corrected chi connectivity index (χ2v) is 9.08. The fraction of sp³-hybridized carbons (Fsp3) is 0.500. The number of amides is 2. The molecule has 0 aromatic heterocycles. The number of ether oxygens (including phenoxy) is 1. The molecule has 0 saturated heterocycles.